The van der Waals surface area contributed by atoms with Crippen LogP contribution in [0.3, 0.4) is 0 Å². The average molecular weight is 412 g/mol. The normalized spacial score (nSPS) is 10.9. The van der Waals surface area contributed by atoms with Crippen LogP contribution in [0.25, 0.3) is 10.8 Å². The Labute approximate surface area is 162 Å². The number of anilines is 1. The highest BCUT2D eigenvalue weighted by atomic mass is 79.9. The van der Waals surface area contributed by atoms with E-state index in [9.17, 15) is 4.79 Å². The zero-order valence-electron chi connectivity index (χ0n) is 15.0. The molecule has 3 nitrogen and oxygen atoms in total. The van der Waals surface area contributed by atoms with Crippen LogP contribution in [0.4, 0.5) is 5.69 Å². The van der Waals surface area contributed by atoms with Gasteiger partial charge in [-0.15, -0.1) is 0 Å². The molecule has 0 heterocycles. The summed E-state index contributed by atoms with van der Waals surface area (Å²) in [6.45, 7) is 4.89. The van der Waals surface area contributed by atoms with Gasteiger partial charge in [0.2, 0.25) is 0 Å². The summed E-state index contributed by atoms with van der Waals surface area (Å²) in [6.07, 6.45) is 0.946. The Bertz CT molecular complexity index is 921. The van der Waals surface area contributed by atoms with Gasteiger partial charge >= 0.3 is 0 Å². The minimum Gasteiger partial charge on any atom is -0.493 e. The summed E-state index contributed by atoms with van der Waals surface area (Å²) in [5.74, 6) is 0.980. The number of benzene rings is 3. The highest BCUT2D eigenvalue weighted by Gasteiger charge is 2.14. The first-order valence-electron chi connectivity index (χ1n) is 8.75. The molecule has 0 aliphatic rings. The summed E-state index contributed by atoms with van der Waals surface area (Å²) in [6, 6.07) is 19.5. The lowest BCUT2D eigenvalue weighted by Crippen LogP contribution is -2.14. The summed E-state index contributed by atoms with van der Waals surface area (Å²) in [7, 11) is 0. The molecular formula is C22H22BrNO2. The van der Waals surface area contributed by atoms with Crippen LogP contribution >= 0.6 is 15.9 Å². The van der Waals surface area contributed by atoms with Crippen molar-refractivity contribution < 1.29 is 9.53 Å². The number of ether oxygens (including phenoxy) is 1. The maximum absolute atomic E-state index is 12.8. The van der Waals surface area contributed by atoms with Gasteiger partial charge in [-0.05, 0) is 53.4 Å². The Balaban J connectivity index is 1.80. The van der Waals surface area contributed by atoms with E-state index in [2.05, 4.69) is 41.2 Å². The van der Waals surface area contributed by atoms with Crippen LogP contribution in [-0.4, -0.2) is 12.5 Å². The molecule has 3 aromatic carbocycles. The average Bonchev–Trinajstić information content (AvgIpc) is 2.62. The van der Waals surface area contributed by atoms with Crippen LogP contribution in [0.15, 0.2) is 65.1 Å². The molecule has 1 amide bonds. The second-order valence-electron chi connectivity index (χ2n) is 6.69. The lowest BCUT2D eigenvalue weighted by atomic mass is 10.1. The van der Waals surface area contributed by atoms with Gasteiger partial charge in [0.1, 0.15) is 5.75 Å². The van der Waals surface area contributed by atoms with E-state index in [-0.39, 0.29) is 5.91 Å². The highest BCUT2D eigenvalue weighted by molar-refractivity contribution is 9.10. The molecule has 4 heteroatoms. The molecule has 0 spiro atoms. The van der Waals surface area contributed by atoms with Gasteiger partial charge in [0, 0.05) is 10.2 Å². The van der Waals surface area contributed by atoms with Crippen LogP contribution in [0, 0.1) is 5.92 Å². The van der Waals surface area contributed by atoms with E-state index >= 15 is 0 Å². The van der Waals surface area contributed by atoms with Gasteiger partial charge in [0.25, 0.3) is 5.91 Å². The van der Waals surface area contributed by atoms with Gasteiger partial charge in [0.05, 0.1) is 12.2 Å². The maximum Gasteiger partial charge on any atom is 0.259 e. The third-order valence-corrected chi connectivity index (χ3v) is 4.64. The molecule has 0 aliphatic carbocycles. The summed E-state index contributed by atoms with van der Waals surface area (Å²) < 4.78 is 6.70. The molecule has 0 saturated carbocycles. The van der Waals surface area contributed by atoms with Crippen LogP contribution in [0.2, 0.25) is 0 Å². The van der Waals surface area contributed by atoms with Gasteiger partial charge in [-0.25, -0.2) is 0 Å². The minimum absolute atomic E-state index is 0.180. The van der Waals surface area contributed by atoms with Gasteiger partial charge < -0.3 is 10.1 Å². The Morgan fingerprint density at radius 1 is 1.04 bits per heavy atom. The molecule has 0 saturated heterocycles. The predicted octanol–water partition coefficient (Wildman–Crippen LogP) is 6.28. The molecule has 3 rings (SSSR count). The summed E-state index contributed by atoms with van der Waals surface area (Å²) >= 11 is 3.44. The van der Waals surface area contributed by atoms with Gasteiger partial charge in [0.15, 0.2) is 0 Å². The van der Waals surface area contributed by atoms with E-state index in [1.165, 1.54) is 0 Å². The highest BCUT2D eigenvalue weighted by Crippen LogP contribution is 2.26. The first-order valence-corrected chi connectivity index (χ1v) is 9.55. The number of amides is 1. The topological polar surface area (TPSA) is 38.3 Å². The molecule has 0 radical (unpaired) electrons. The number of hydrogen-bond donors (Lipinski definition) is 1. The fourth-order valence-corrected chi connectivity index (χ4v) is 3.04. The van der Waals surface area contributed by atoms with Crippen molar-refractivity contribution in [3.8, 4) is 5.75 Å². The number of halogens is 1. The van der Waals surface area contributed by atoms with Crippen molar-refractivity contribution in [1.82, 2.24) is 0 Å². The van der Waals surface area contributed by atoms with Gasteiger partial charge in [-0.1, -0.05) is 60.1 Å². The van der Waals surface area contributed by atoms with Crippen molar-refractivity contribution in [2.45, 2.75) is 20.3 Å². The Hall–Kier alpha value is -2.33. The predicted molar refractivity (Wildman–Crippen MR) is 111 cm³/mol. The number of fused-ring (bicyclic) bond motifs is 1. The molecular weight excluding hydrogens is 390 g/mol. The largest absolute Gasteiger partial charge is 0.493 e. The van der Waals surface area contributed by atoms with Crippen LogP contribution in [0.5, 0.6) is 5.75 Å². The zero-order valence-corrected chi connectivity index (χ0v) is 16.5. The summed E-state index contributed by atoms with van der Waals surface area (Å²) in [5.41, 5.74) is 1.29. The quantitative estimate of drug-likeness (QED) is 0.518. The Kier molecular flexibility index (Phi) is 5.94. The van der Waals surface area contributed by atoms with Crippen molar-refractivity contribution in [3.05, 3.63) is 70.7 Å². The molecule has 1 N–H and O–H groups in total. The fourth-order valence-electron chi connectivity index (χ4n) is 2.68. The van der Waals surface area contributed by atoms with Crippen LogP contribution in [-0.2, 0) is 0 Å². The van der Waals surface area contributed by atoms with Crippen molar-refractivity contribution >= 4 is 38.3 Å². The molecule has 0 aromatic heterocycles. The lowest BCUT2D eigenvalue weighted by molar-refractivity contribution is 0.102. The van der Waals surface area contributed by atoms with E-state index < -0.39 is 0 Å². The zero-order chi connectivity index (χ0) is 18.5. The SMILES string of the molecule is CC(C)CCOc1ccc(Br)cc1C(=O)Nc1ccc2ccccc2c1. The number of hydrogen-bond acceptors (Lipinski definition) is 2. The van der Waals surface area contributed by atoms with E-state index in [0.717, 1.165) is 27.4 Å². The minimum atomic E-state index is -0.180. The van der Waals surface area contributed by atoms with E-state index in [1.807, 2.05) is 48.5 Å². The molecule has 134 valence electrons. The Morgan fingerprint density at radius 2 is 1.81 bits per heavy atom. The first kappa shape index (κ1) is 18.5. The molecule has 0 unspecified atom stereocenters. The van der Waals surface area contributed by atoms with Crippen molar-refractivity contribution in [1.29, 1.82) is 0 Å². The van der Waals surface area contributed by atoms with Gasteiger partial charge in [-0.3, -0.25) is 4.79 Å². The van der Waals surface area contributed by atoms with Gasteiger partial charge in [-0.2, -0.15) is 0 Å². The number of rotatable bonds is 6. The molecule has 0 aliphatic heterocycles. The number of nitrogens with one attached hydrogen (secondary N) is 1. The smallest absolute Gasteiger partial charge is 0.259 e. The maximum atomic E-state index is 12.8. The molecule has 0 fully saturated rings. The fraction of sp³-hybridized carbons (Fsp3) is 0.227. The second-order valence-corrected chi connectivity index (χ2v) is 7.60. The third kappa shape index (κ3) is 4.64. The van der Waals surface area contributed by atoms with Crippen LogP contribution in [0.1, 0.15) is 30.6 Å². The number of carbonyl (C=O) groups excluding carboxylic acids is 1. The number of carbonyl (C=O) groups is 1. The molecule has 0 bridgehead atoms. The molecule has 3 aromatic rings. The summed E-state index contributed by atoms with van der Waals surface area (Å²) in [5, 5.41) is 5.21. The standard InChI is InChI=1S/C22H22BrNO2/c1-15(2)11-12-26-21-10-8-18(23)14-20(21)22(25)24-19-9-7-16-5-3-4-6-17(16)13-19/h3-10,13-15H,11-12H2,1-2H3,(H,24,25). The van der Waals surface area contributed by atoms with E-state index in [1.54, 1.807) is 6.07 Å². The molecule has 26 heavy (non-hydrogen) atoms. The first-order chi connectivity index (χ1) is 12.5. The second kappa shape index (κ2) is 8.37. The van der Waals surface area contributed by atoms with E-state index in [4.69, 9.17) is 4.74 Å². The third-order valence-electron chi connectivity index (χ3n) is 4.15. The Morgan fingerprint density at radius 3 is 2.58 bits per heavy atom. The monoisotopic (exact) mass is 411 g/mol. The van der Waals surface area contributed by atoms with E-state index in [0.29, 0.717) is 23.8 Å². The van der Waals surface area contributed by atoms with Crippen molar-refractivity contribution in [2.75, 3.05) is 11.9 Å². The van der Waals surface area contributed by atoms with Crippen molar-refractivity contribution in [3.63, 3.8) is 0 Å². The summed E-state index contributed by atoms with van der Waals surface area (Å²) in [4.78, 5) is 12.8. The van der Waals surface area contributed by atoms with Crippen molar-refractivity contribution in [2.24, 2.45) is 5.92 Å². The molecule has 0 atom stereocenters. The lowest BCUT2D eigenvalue weighted by Gasteiger charge is -2.13. The van der Waals surface area contributed by atoms with Crippen LogP contribution < -0.4 is 10.1 Å².